The van der Waals surface area contributed by atoms with Crippen LogP contribution in [-0.2, 0) is 4.79 Å². The molecule has 2 heterocycles. The van der Waals surface area contributed by atoms with Gasteiger partial charge < -0.3 is 15.1 Å². The van der Waals surface area contributed by atoms with E-state index in [1.807, 2.05) is 11.9 Å². The van der Waals surface area contributed by atoms with Crippen LogP contribution in [0.1, 0.15) is 26.2 Å². The lowest BCUT2D eigenvalue weighted by Gasteiger charge is -2.28. The molecule has 3 unspecified atom stereocenters. The van der Waals surface area contributed by atoms with Crippen LogP contribution < -0.4 is 5.32 Å². The largest absolute Gasteiger partial charge is 0.344 e. The molecule has 2 aliphatic heterocycles. The maximum Gasteiger partial charge on any atom is 0.227 e. The third kappa shape index (κ3) is 2.80. The van der Waals surface area contributed by atoms with Crippen LogP contribution in [0.4, 0.5) is 0 Å². The third-order valence-electron chi connectivity index (χ3n) is 4.37. The van der Waals surface area contributed by atoms with Gasteiger partial charge in [-0.3, -0.25) is 4.79 Å². The number of nitrogens with zero attached hydrogens (tertiary/aromatic N) is 2. The Hall–Kier alpha value is -0.610. The molecule has 2 saturated heterocycles. The van der Waals surface area contributed by atoms with E-state index in [9.17, 15) is 4.79 Å². The molecule has 2 aliphatic rings. The molecule has 2 rings (SSSR count). The Balaban J connectivity index is 1.86. The zero-order valence-electron chi connectivity index (χ0n) is 11.3. The van der Waals surface area contributed by atoms with E-state index < -0.39 is 0 Å². The molecule has 0 aliphatic carbocycles. The van der Waals surface area contributed by atoms with Crippen molar-refractivity contribution in [1.82, 2.24) is 15.1 Å². The van der Waals surface area contributed by atoms with Crippen molar-refractivity contribution in [2.45, 2.75) is 38.3 Å². The summed E-state index contributed by atoms with van der Waals surface area (Å²) in [4.78, 5) is 16.6. The van der Waals surface area contributed by atoms with Gasteiger partial charge in [0.1, 0.15) is 0 Å². The highest BCUT2D eigenvalue weighted by atomic mass is 16.2. The van der Waals surface area contributed by atoms with Gasteiger partial charge >= 0.3 is 0 Å². The second-order valence-corrected chi connectivity index (χ2v) is 5.63. The highest BCUT2D eigenvalue weighted by molar-refractivity contribution is 5.79. The van der Waals surface area contributed by atoms with Crippen molar-refractivity contribution in [2.24, 2.45) is 5.92 Å². The summed E-state index contributed by atoms with van der Waals surface area (Å²) in [5.74, 6) is 0.509. The van der Waals surface area contributed by atoms with Gasteiger partial charge in [-0.2, -0.15) is 0 Å². The molecular formula is C13H25N3O. The van der Waals surface area contributed by atoms with Gasteiger partial charge in [0.15, 0.2) is 0 Å². The maximum atomic E-state index is 12.3. The number of likely N-dealkylation sites (N-methyl/N-ethyl adjacent to an activating group) is 2. The molecule has 0 saturated carbocycles. The predicted octanol–water partition coefficient (Wildman–Crippen LogP) is 0.537. The average Bonchev–Trinajstić information content (AvgIpc) is 2.88. The van der Waals surface area contributed by atoms with Crippen molar-refractivity contribution in [3.8, 4) is 0 Å². The van der Waals surface area contributed by atoms with Crippen LogP contribution in [0.25, 0.3) is 0 Å². The Bertz CT molecular complexity index is 282. The van der Waals surface area contributed by atoms with E-state index in [1.54, 1.807) is 0 Å². The first-order chi connectivity index (χ1) is 8.09. The molecule has 98 valence electrons. The smallest absolute Gasteiger partial charge is 0.227 e. The fourth-order valence-electron chi connectivity index (χ4n) is 3.10. The average molecular weight is 239 g/mol. The summed E-state index contributed by atoms with van der Waals surface area (Å²) in [5, 5.41) is 3.35. The summed E-state index contributed by atoms with van der Waals surface area (Å²) in [7, 11) is 4.12. The second-order valence-electron chi connectivity index (χ2n) is 5.63. The molecule has 1 N–H and O–H groups in total. The Kier molecular flexibility index (Phi) is 4.05. The van der Waals surface area contributed by atoms with Gasteiger partial charge in [0.05, 0.1) is 5.92 Å². The van der Waals surface area contributed by atoms with Gasteiger partial charge in [-0.25, -0.2) is 0 Å². The van der Waals surface area contributed by atoms with Gasteiger partial charge in [0.25, 0.3) is 0 Å². The van der Waals surface area contributed by atoms with E-state index >= 15 is 0 Å². The molecule has 3 atom stereocenters. The minimum Gasteiger partial charge on any atom is -0.344 e. The number of amides is 1. The van der Waals surface area contributed by atoms with Gasteiger partial charge in [-0.05, 0) is 46.3 Å². The number of hydrogen-bond acceptors (Lipinski definition) is 3. The number of carbonyl (C=O) groups is 1. The molecule has 17 heavy (non-hydrogen) atoms. The molecule has 4 nitrogen and oxygen atoms in total. The lowest BCUT2D eigenvalue weighted by molar-refractivity contribution is -0.134. The fourth-order valence-corrected chi connectivity index (χ4v) is 3.10. The number of carbonyl (C=O) groups excluding carboxylic acids is 1. The molecular weight excluding hydrogens is 214 g/mol. The van der Waals surface area contributed by atoms with Crippen molar-refractivity contribution < 1.29 is 4.79 Å². The van der Waals surface area contributed by atoms with E-state index in [1.165, 1.54) is 19.4 Å². The predicted molar refractivity (Wildman–Crippen MR) is 68.9 cm³/mol. The van der Waals surface area contributed by atoms with E-state index in [2.05, 4.69) is 24.2 Å². The SMILES string of the molecule is CC1NCCC1C(=O)N(C)CC1CCCN1C. The molecule has 4 heteroatoms. The minimum absolute atomic E-state index is 0.187. The normalized spacial score (nSPS) is 34.2. The Morgan fingerprint density at radius 2 is 2.24 bits per heavy atom. The summed E-state index contributed by atoms with van der Waals surface area (Å²) in [5.41, 5.74) is 0. The van der Waals surface area contributed by atoms with Crippen LogP contribution in [-0.4, -0.2) is 61.5 Å². The molecule has 0 aromatic rings. The number of likely N-dealkylation sites (tertiary alicyclic amines) is 1. The number of nitrogens with one attached hydrogen (secondary N) is 1. The molecule has 1 amide bonds. The van der Waals surface area contributed by atoms with Crippen LogP contribution >= 0.6 is 0 Å². The van der Waals surface area contributed by atoms with Crippen molar-refractivity contribution in [2.75, 3.05) is 33.7 Å². The maximum absolute atomic E-state index is 12.3. The van der Waals surface area contributed by atoms with Crippen molar-refractivity contribution in [3.63, 3.8) is 0 Å². The highest BCUT2D eigenvalue weighted by Gasteiger charge is 2.33. The van der Waals surface area contributed by atoms with Crippen molar-refractivity contribution in [3.05, 3.63) is 0 Å². The van der Waals surface area contributed by atoms with E-state index in [0.29, 0.717) is 18.0 Å². The van der Waals surface area contributed by atoms with Gasteiger partial charge in [0.2, 0.25) is 5.91 Å². The zero-order valence-corrected chi connectivity index (χ0v) is 11.3. The van der Waals surface area contributed by atoms with E-state index in [0.717, 1.165) is 19.5 Å². The topological polar surface area (TPSA) is 35.6 Å². The first-order valence-corrected chi connectivity index (χ1v) is 6.78. The first-order valence-electron chi connectivity index (χ1n) is 6.78. The Morgan fingerprint density at radius 1 is 1.47 bits per heavy atom. The summed E-state index contributed by atoms with van der Waals surface area (Å²) in [6.45, 7) is 5.16. The van der Waals surface area contributed by atoms with E-state index in [-0.39, 0.29) is 5.92 Å². The first kappa shape index (κ1) is 12.8. The molecule has 0 bridgehead atoms. The quantitative estimate of drug-likeness (QED) is 0.781. The van der Waals surface area contributed by atoms with Crippen molar-refractivity contribution in [1.29, 1.82) is 0 Å². The zero-order chi connectivity index (χ0) is 12.4. The van der Waals surface area contributed by atoms with E-state index in [4.69, 9.17) is 0 Å². The monoisotopic (exact) mass is 239 g/mol. The van der Waals surface area contributed by atoms with Gasteiger partial charge in [-0.15, -0.1) is 0 Å². The standard InChI is InChI=1S/C13H25N3O/c1-10-12(6-7-14-10)13(17)16(3)9-11-5-4-8-15(11)2/h10-12,14H,4-9H2,1-3H3. The second kappa shape index (κ2) is 5.36. The third-order valence-corrected chi connectivity index (χ3v) is 4.37. The van der Waals surface area contributed by atoms with Gasteiger partial charge in [0, 0.05) is 25.7 Å². The Morgan fingerprint density at radius 3 is 2.76 bits per heavy atom. The lowest BCUT2D eigenvalue weighted by atomic mass is 10.0. The molecule has 2 fully saturated rings. The molecule has 0 radical (unpaired) electrons. The summed E-state index contributed by atoms with van der Waals surface area (Å²) >= 11 is 0. The molecule has 0 aromatic carbocycles. The number of hydrogen-bond donors (Lipinski definition) is 1. The summed E-state index contributed by atoms with van der Waals surface area (Å²) < 4.78 is 0. The van der Waals surface area contributed by atoms with Crippen LogP contribution in [0.2, 0.25) is 0 Å². The highest BCUT2D eigenvalue weighted by Crippen LogP contribution is 2.20. The number of rotatable bonds is 3. The molecule has 0 spiro atoms. The van der Waals surface area contributed by atoms with Crippen molar-refractivity contribution >= 4 is 5.91 Å². The Labute approximate surface area is 104 Å². The fraction of sp³-hybridized carbons (Fsp3) is 0.923. The van der Waals surface area contributed by atoms with Gasteiger partial charge in [-0.1, -0.05) is 0 Å². The lowest BCUT2D eigenvalue weighted by Crippen LogP contribution is -2.44. The van der Waals surface area contributed by atoms with Crippen LogP contribution in [0.3, 0.4) is 0 Å². The van der Waals surface area contributed by atoms with Crippen LogP contribution in [0, 0.1) is 5.92 Å². The van der Waals surface area contributed by atoms with Crippen LogP contribution in [0.15, 0.2) is 0 Å². The summed E-state index contributed by atoms with van der Waals surface area (Å²) in [6.07, 6.45) is 3.49. The van der Waals surface area contributed by atoms with Crippen LogP contribution in [0.5, 0.6) is 0 Å². The molecule has 0 aromatic heterocycles. The minimum atomic E-state index is 0.187. The summed E-state index contributed by atoms with van der Waals surface area (Å²) in [6, 6.07) is 0.903.